The molecule has 0 heterocycles. The molecule has 2 N–H and O–H groups in total. The van der Waals surface area contributed by atoms with E-state index in [-0.39, 0.29) is 0 Å². The fourth-order valence-electron chi connectivity index (χ4n) is 4.46. The minimum Gasteiger partial charge on any atom is -0.508 e. The molecule has 0 unspecified atom stereocenters. The van der Waals surface area contributed by atoms with Gasteiger partial charge in [0.05, 0.1) is 0 Å². The zero-order valence-corrected chi connectivity index (χ0v) is 23.8. The summed E-state index contributed by atoms with van der Waals surface area (Å²) in [5.74, 6) is 0.688. The SMILES string of the molecule is CC/C(=C(/CC)c1ccc(O)c(CN(C)CCN(C)C)c1)c1ccc(O)c(CN(C)CCN(C)C)c1. The second kappa shape index (κ2) is 14.4. The summed E-state index contributed by atoms with van der Waals surface area (Å²) in [6.45, 7) is 9.62. The van der Waals surface area contributed by atoms with Gasteiger partial charge in [-0.15, -0.1) is 0 Å². The Labute approximate surface area is 219 Å². The molecular formula is C30H48N4O2. The number of phenolic OH excluding ortho intramolecular Hbond substituents is 2. The van der Waals surface area contributed by atoms with Crippen LogP contribution in [0.4, 0.5) is 0 Å². The van der Waals surface area contributed by atoms with Crippen molar-refractivity contribution in [3.63, 3.8) is 0 Å². The first-order valence-electron chi connectivity index (χ1n) is 13.1. The van der Waals surface area contributed by atoms with Gasteiger partial charge in [-0.1, -0.05) is 26.0 Å². The molecule has 2 aromatic rings. The molecule has 2 aromatic carbocycles. The van der Waals surface area contributed by atoms with Crippen molar-refractivity contribution in [2.75, 3.05) is 68.5 Å². The lowest BCUT2D eigenvalue weighted by molar-refractivity contribution is 0.273. The van der Waals surface area contributed by atoms with Gasteiger partial charge < -0.3 is 29.8 Å². The zero-order chi connectivity index (χ0) is 26.8. The molecule has 0 bridgehead atoms. The molecular weight excluding hydrogens is 448 g/mol. The van der Waals surface area contributed by atoms with Crippen LogP contribution in [0, 0.1) is 0 Å². The summed E-state index contributed by atoms with van der Waals surface area (Å²) in [5.41, 5.74) is 6.77. The van der Waals surface area contributed by atoms with Gasteiger partial charge in [-0.3, -0.25) is 0 Å². The van der Waals surface area contributed by atoms with Crippen LogP contribution in [0.1, 0.15) is 48.9 Å². The third-order valence-corrected chi connectivity index (χ3v) is 6.67. The molecule has 6 nitrogen and oxygen atoms in total. The predicted octanol–water partition coefficient (Wildman–Crippen LogP) is 4.82. The largest absolute Gasteiger partial charge is 0.508 e. The van der Waals surface area contributed by atoms with Crippen LogP contribution in [0.25, 0.3) is 11.1 Å². The molecule has 0 aliphatic carbocycles. The molecule has 0 aliphatic rings. The maximum absolute atomic E-state index is 10.6. The van der Waals surface area contributed by atoms with E-state index >= 15 is 0 Å². The number of hydrogen-bond acceptors (Lipinski definition) is 6. The van der Waals surface area contributed by atoms with Crippen LogP contribution in [0.3, 0.4) is 0 Å². The van der Waals surface area contributed by atoms with Gasteiger partial charge in [-0.2, -0.15) is 0 Å². The monoisotopic (exact) mass is 496 g/mol. The van der Waals surface area contributed by atoms with Gasteiger partial charge in [-0.25, -0.2) is 0 Å². The normalized spacial score (nSPS) is 12.8. The van der Waals surface area contributed by atoms with Crippen LogP contribution < -0.4 is 0 Å². The summed E-state index contributed by atoms with van der Waals surface area (Å²) < 4.78 is 0. The maximum Gasteiger partial charge on any atom is 0.120 e. The number of allylic oxidation sites excluding steroid dienone is 2. The van der Waals surface area contributed by atoms with Gasteiger partial charge in [0.2, 0.25) is 0 Å². The Bertz CT molecular complexity index is 921. The molecule has 0 amide bonds. The van der Waals surface area contributed by atoms with Crippen LogP contribution in [0.5, 0.6) is 11.5 Å². The first-order chi connectivity index (χ1) is 17.0. The van der Waals surface area contributed by atoms with E-state index in [1.807, 2.05) is 24.3 Å². The topological polar surface area (TPSA) is 53.4 Å². The molecule has 2 rings (SSSR count). The number of phenols is 2. The third kappa shape index (κ3) is 8.93. The number of likely N-dealkylation sites (N-methyl/N-ethyl adjacent to an activating group) is 4. The Kier molecular flexibility index (Phi) is 11.9. The number of nitrogens with zero attached hydrogens (tertiary/aromatic N) is 4. The van der Waals surface area contributed by atoms with Crippen molar-refractivity contribution in [1.82, 2.24) is 19.6 Å². The molecule has 0 spiro atoms. The van der Waals surface area contributed by atoms with E-state index in [9.17, 15) is 10.2 Å². The molecule has 0 saturated carbocycles. The van der Waals surface area contributed by atoms with Gasteiger partial charge in [0.1, 0.15) is 11.5 Å². The van der Waals surface area contributed by atoms with Gasteiger partial charge in [-0.05, 0) is 102 Å². The van der Waals surface area contributed by atoms with Crippen molar-refractivity contribution in [1.29, 1.82) is 0 Å². The third-order valence-electron chi connectivity index (χ3n) is 6.67. The fraction of sp³-hybridized carbons (Fsp3) is 0.533. The van der Waals surface area contributed by atoms with Crippen molar-refractivity contribution in [3.8, 4) is 11.5 Å². The Morgan fingerprint density at radius 3 is 1.25 bits per heavy atom. The van der Waals surface area contributed by atoms with Crippen LogP contribution in [-0.2, 0) is 13.1 Å². The lowest BCUT2D eigenvalue weighted by Crippen LogP contribution is -2.28. The van der Waals surface area contributed by atoms with E-state index in [0.717, 1.165) is 61.3 Å². The first kappa shape index (κ1) is 29.8. The fourth-order valence-corrected chi connectivity index (χ4v) is 4.46. The average Bonchev–Trinajstić information content (AvgIpc) is 2.83. The van der Waals surface area contributed by atoms with Crippen molar-refractivity contribution in [2.45, 2.75) is 39.8 Å². The van der Waals surface area contributed by atoms with E-state index in [4.69, 9.17) is 0 Å². The lowest BCUT2D eigenvalue weighted by Gasteiger charge is -2.22. The quantitative estimate of drug-likeness (QED) is 0.366. The highest BCUT2D eigenvalue weighted by Crippen LogP contribution is 2.35. The van der Waals surface area contributed by atoms with Crippen LogP contribution in [0.15, 0.2) is 36.4 Å². The average molecular weight is 497 g/mol. The maximum atomic E-state index is 10.6. The molecule has 6 heteroatoms. The van der Waals surface area contributed by atoms with E-state index in [2.05, 4.69) is 87.9 Å². The van der Waals surface area contributed by atoms with E-state index in [0.29, 0.717) is 24.6 Å². The van der Waals surface area contributed by atoms with Crippen molar-refractivity contribution < 1.29 is 10.2 Å². The van der Waals surface area contributed by atoms with Crippen LogP contribution in [-0.4, -0.2) is 98.3 Å². The minimum absolute atomic E-state index is 0.344. The van der Waals surface area contributed by atoms with Gasteiger partial charge in [0.25, 0.3) is 0 Å². The Hall–Kier alpha value is -2.38. The van der Waals surface area contributed by atoms with E-state index < -0.39 is 0 Å². The van der Waals surface area contributed by atoms with E-state index in [1.54, 1.807) is 0 Å². The Balaban J connectivity index is 2.38. The molecule has 200 valence electrons. The molecule has 0 aliphatic heterocycles. The summed E-state index contributed by atoms with van der Waals surface area (Å²) in [6, 6.07) is 12.0. The standard InChI is InChI=1S/C30H48N4O2/c1-9-27(23-11-13-29(35)25(19-23)21-33(7)17-15-31(3)4)28(10-2)24-12-14-30(36)26(20-24)22-34(8)18-16-32(5)6/h11-14,19-20,35-36H,9-10,15-18,21-22H2,1-8H3/b28-27+. The second-order valence-corrected chi connectivity index (χ2v) is 10.4. The second-order valence-electron chi connectivity index (χ2n) is 10.4. The number of aromatic hydroxyl groups is 2. The summed E-state index contributed by atoms with van der Waals surface area (Å²) in [7, 11) is 12.5. The lowest BCUT2D eigenvalue weighted by atomic mass is 9.89. The summed E-state index contributed by atoms with van der Waals surface area (Å²) in [5, 5.41) is 21.1. The zero-order valence-electron chi connectivity index (χ0n) is 23.8. The van der Waals surface area contributed by atoms with E-state index in [1.165, 1.54) is 11.1 Å². The Morgan fingerprint density at radius 1 is 0.583 bits per heavy atom. The molecule has 0 saturated heterocycles. The van der Waals surface area contributed by atoms with Crippen molar-refractivity contribution in [2.24, 2.45) is 0 Å². The minimum atomic E-state index is 0.344. The molecule has 0 radical (unpaired) electrons. The summed E-state index contributed by atoms with van der Waals surface area (Å²) >= 11 is 0. The van der Waals surface area contributed by atoms with Crippen molar-refractivity contribution in [3.05, 3.63) is 58.7 Å². The summed E-state index contributed by atoms with van der Waals surface area (Å²) in [6.07, 6.45) is 1.78. The van der Waals surface area contributed by atoms with Crippen LogP contribution in [0.2, 0.25) is 0 Å². The van der Waals surface area contributed by atoms with Gasteiger partial charge >= 0.3 is 0 Å². The van der Waals surface area contributed by atoms with Crippen LogP contribution >= 0.6 is 0 Å². The summed E-state index contributed by atoms with van der Waals surface area (Å²) in [4.78, 5) is 8.83. The smallest absolute Gasteiger partial charge is 0.120 e. The first-order valence-corrected chi connectivity index (χ1v) is 13.1. The highest BCUT2D eigenvalue weighted by molar-refractivity contribution is 5.91. The van der Waals surface area contributed by atoms with Gasteiger partial charge in [0.15, 0.2) is 0 Å². The number of benzene rings is 2. The molecule has 0 fully saturated rings. The van der Waals surface area contributed by atoms with Gasteiger partial charge in [0, 0.05) is 50.4 Å². The number of rotatable bonds is 14. The van der Waals surface area contributed by atoms with Crippen molar-refractivity contribution >= 4 is 11.1 Å². The number of hydrogen-bond donors (Lipinski definition) is 2. The highest BCUT2D eigenvalue weighted by Gasteiger charge is 2.15. The molecule has 0 atom stereocenters. The molecule has 0 aromatic heterocycles. The highest BCUT2D eigenvalue weighted by atomic mass is 16.3. The molecule has 36 heavy (non-hydrogen) atoms. The Morgan fingerprint density at radius 2 is 0.944 bits per heavy atom. The predicted molar refractivity (Wildman–Crippen MR) is 153 cm³/mol.